The Hall–Kier alpha value is -1.29. The van der Waals surface area contributed by atoms with Gasteiger partial charge in [-0.05, 0) is 24.8 Å². The lowest BCUT2D eigenvalue weighted by molar-refractivity contribution is 0.466. The van der Waals surface area contributed by atoms with Gasteiger partial charge in [-0.2, -0.15) is 0 Å². The van der Waals surface area contributed by atoms with Gasteiger partial charge in [0.25, 0.3) is 5.22 Å². The van der Waals surface area contributed by atoms with Crippen molar-refractivity contribution in [3.05, 3.63) is 29.8 Å². The van der Waals surface area contributed by atoms with Gasteiger partial charge < -0.3 is 4.42 Å². The highest BCUT2D eigenvalue weighted by molar-refractivity contribution is 7.98. The highest BCUT2D eigenvalue weighted by atomic mass is 32.2. The fourth-order valence-electron chi connectivity index (χ4n) is 1.21. The average molecular weight is 206 g/mol. The summed E-state index contributed by atoms with van der Waals surface area (Å²) in [5, 5.41) is 8.48. The number of hydrogen-bond donors (Lipinski definition) is 0. The second kappa shape index (κ2) is 3.84. The van der Waals surface area contributed by atoms with E-state index in [-0.39, 0.29) is 0 Å². The van der Waals surface area contributed by atoms with Gasteiger partial charge in [0, 0.05) is 5.56 Å². The molecule has 0 aliphatic heterocycles. The number of benzene rings is 1. The van der Waals surface area contributed by atoms with Crippen molar-refractivity contribution in [2.24, 2.45) is 0 Å². The van der Waals surface area contributed by atoms with Gasteiger partial charge in [-0.15, -0.1) is 10.2 Å². The maximum absolute atomic E-state index is 5.44. The minimum absolute atomic E-state index is 0.590. The summed E-state index contributed by atoms with van der Waals surface area (Å²) < 4.78 is 5.44. The Morgan fingerprint density at radius 2 is 2.00 bits per heavy atom. The van der Waals surface area contributed by atoms with E-state index in [0.717, 1.165) is 11.1 Å². The molecule has 1 aromatic heterocycles. The first-order chi connectivity index (χ1) is 6.81. The van der Waals surface area contributed by atoms with Gasteiger partial charge >= 0.3 is 0 Å². The predicted octanol–water partition coefficient (Wildman–Crippen LogP) is 2.77. The number of hydrogen-bond acceptors (Lipinski definition) is 4. The van der Waals surface area contributed by atoms with E-state index in [1.165, 1.54) is 11.8 Å². The van der Waals surface area contributed by atoms with Crippen molar-refractivity contribution in [3.63, 3.8) is 0 Å². The zero-order valence-electron chi connectivity index (χ0n) is 8.02. The molecule has 0 bridgehead atoms. The molecule has 0 aliphatic rings. The molecule has 0 saturated heterocycles. The summed E-state index contributed by atoms with van der Waals surface area (Å²) >= 11 is 1.45. The summed E-state index contributed by atoms with van der Waals surface area (Å²) in [4.78, 5) is 0. The van der Waals surface area contributed by atoms with Crippen LogP contribution in [0.15, 0.2) is 33.9 Å². The molecule has 0 spiro atoms. The van der Waals surface area contributed by atoms with Crippen LogP contribution in [0.4, 0.5) is 0 Å². The SMILES string of the molecule is CSc1nnc(-c2ccccc2C)o1. The molecule has 1 heterocycles. The highest BCUT2D eigenvalue weighted by Gasteiger charge is 2.08. The van der Waals surface area contributed by atoms with Gasteiger partial charge in [0.1, 0.15) is 0 Å². The fraction of sp³-hybridized carbons (Fsp3) is 0.200. The minimum atomic E-state index is 0.590. The number of aromatic nitrogens is 2. The van der Waals surface area contributed by atoms with E-state index in [4.69, 9.17) is 4.42 Å². The molecule has 0 fully saturated rings. The quantitative estimate of drug-likeness (QED) is 0.708. The van der Waals surface area contributed by atoms with Gasteiger partial charge in [-0.1, -0.05) is 30.0 Å². The molecule has 4 heteroatoms. The molecule has 0 aliphatic carbocycles. The van der Waals surface area contributed by atoms with Crippen molar-refractivity contribution >= 4 is 11.8 Å². The second-order valence-electron chi connectivity index (χ2n) is 2.89. The number of nitrogens with zero attached hydrogens (tertiary/aromatic N) is 2. The Bertz CT molecular complexity index is 439. The molecule has 2 aromatic rings. The predicted molar refractivity (Wildman–Crippen MR) is 56.3 cm³/mol. The van der Waals surface area contributed by atoms with Crippen LogP contribution in [0.1, 0.15) is 5.56 Å². The first-order valence-electron chi connectivity index (χ1n) is 4.25. The van der Waals surface area contributed by atoms with Crippen LogP contribution in [0.5, 0.6) is 0 Å². The van der Waals surface area contributed by atoms with Crippen molar-refractivity contribution < 1.29 is 4.42 Å². The van der Waals surface area contributed by atoms with Crippen LogP contribution < -0.4 is 0 Å². The maximum Gasteiger partial charge on any atom is 0.276 e. The van der Waals surface area contributed by atoms with Gasteiger partial charge in [0.15, 0.2) is 0 Å². The van der Waals surface area contributed by atoms with Gasteiger partial charge in [-0.3, -0.25) is 0 Å². The van der Waals surface area contributed by atoms with Crippen molar-refractivity contribution in [2.75, 3.05) is 6.26 Å². The molecular formula is C10H10N2OS. The molecular weight excluding hydrogens is 196 g/mol. The molecule has 72 valence electrons. The van der Waals surface area contributed by atoms with Crippen molar-refractivity contribution in [1.29, 1.82) is 0 Å². The molecule has 1 aromatic carbocycles. The molecule has 2 rings (SSSR count). The maximum atomic E-state index is 5.44. The van der Waals surface area contributed by atoms with E-state index in [0.29, 0.717) is 11.1 Å². The van der Waals surface area contributed by atoms with E-state index in [1.807, 2.05) is 37.4 Å². The topological polar surface area (TPSA) is 38.9 Å². The van der Waals surface area contributed by atoms with Crippen LogP contribution >= 0.6 is 11.8 Å². The van der Waals surface area contributed by atoms with E-state index >= 15 is 0 Å². The summed E-state index contributed by atoms with van der Waals surface area (Å²) in [6, 6.07) is 7.96. The second-order valence-corrected chi connectivity index (χ2v) is 3.65. The Morgan fingerprint density at radius 3 is 2.64 bits per heavy atom. The lowest BCUT2D eigenvalue weighted by Crippen LogP contribution is -1.81. The summed E-state index contributed by atoms with van der Waals surface area (Å²) in [6.07, 6.45) is 1.91. The molecule has 0 amide bonds. The van der Waals surface area contributed by atoms with Crippen molar-refractivity contribution in [3.8, 4) is 11.5 Å². The summed E-state index contributed by atoms with van der Waals surface area (Å²) in [7, 11) is 0. The van der Waals surface area contributed by atoms with E-state index in [9.17, 15) is 0 Å². The standard InChI is InChI=1S/C10H10N2OS/c1-7-5-3-4-6-8(7)9-11-12-10(13-9)14-2/h3-6H,1-2H3. The zero-order valence-corrected chi connectivity index (χ0v) is 8.84. The summed E-state index contributed by atoms with van der Waals surface area (Å²) in [5.41, 5.74) is 2.14. The molecule has 14 heavy (non-hydrogen) atoms. The molecule has 0 radical (unpaired) electrons. The number of thioether (sulfide) groups is 1. The lowest BCUT2D eigenvalue weighted by Gasteiger charge is -1.97. The van der Waals surface area contributed by atoms with E-state index < -0.39 is 0 Å². The van der Waals surface area contributed by atoms with Crippen LogP contribution in [0.3, 0.4) is 0 Å². The Balaban J connectivity index is 2.44. The zero-order chi connectivity index (χ0) is 9.97. The molecule has 0 unspecified atom stereocenters. The Morgan fingerprint density at radius 1 is 1.21 bits per heavy atom. The van der Waals surface area contributed by atoms with E-state index in [2.05, 4.69) is 10.2 Å². The Labute approximate surface area is 86.5 Å². The highest BCUT2D eigenvalue weighted by Crippen LogP contribution is 2.23. The van der Waals surface area contributed by atoms with Crippen LogP contribution in [0.25, 0.3) is 11.5 Å². The smallest absolute Gasteiger partial charge is 0.276 e. The fourth-order valence-corrected chi connectivity index (χ4v) is 1.50. The normalized spacial score (nSPS) is 10.4. The number of aryl methyl sites for hydroxylation is 1. The third kappa shape index (κ3) is 1.65. The summed E-state index contributed by atoms with van der Waals surface area (Å²) in [6.45, 7) is 2.03. The molecule has 0 atom stereocenters. The van der Waals surface area contributed by atoms with Gasteiger partial charge in [-0.25, -0.2) is 0 Å². The summed E-state index contributed by atoms with van der Waals surface area (Å²) in [5.74, 6) is 0.590. The number of rotatable bonds is 2. The first-order valence-corrected chi connectivity index (χ1v) is 5.47. The largest absolute Gasteiger partial charge is 0.411 e. The van der Waals surface area contributed by atoms with Crippen LogP contribution in [0.2, 0.25) is 0 Å². The lowest BCUT2D eigenvalue weighted by atomic mass is 10.1. The average Bonchev–Trinajstić information content (AvgIpc) is 2.67. The minimum Gasteiger partial charge on any atom is -0.411 e. The Kier molecular flexibility index (Phi) is 2.54. The molecule has 0 N–H and O–H groups in total. The first kappa shape index (κ1) is 9.27. The third-order valence-corrected chi connectivity index (χ3v) is 2.47. The molecule has 3 nitrogen and oxygen atoms in total. The van der Waals surface area contributed by atoms with Gasteiger partial charge in [0.05, 0.1) is 0 Å². The van der Waals surface area contributed by atoms with Crippen LogP contribution in [-0.4, -0.2) is 16.5 Å². The third-order valence-electron chi connectivity index (χ3n) is 1.96. The van der Waals surface area contributed by atoms with Gasteiger partial charge in [0.2, 0.25) is 5.89 Å². The monoisotopic (exact) mass is 206 g/mol. The van der Waals surface area contributed by atoms with Crippen molar-refractivity contribution in [2.45, 2.75) is 12.1 Å². The van der Waals surface area contributed by atoms with Crippen LogP contribution in [0, 0.1) is 6.92 Å². The van der Waals surface area contributed by atoms with E-state index in [1.54, 1.807) is 0 Å². The molecule has 0 saturated carbocycles. The van der Waals surface area contributed by atoms with Crippen molar-refractivity contribution in [1.82, 2.24) is 10.2 Å². The van der Waals surface area contributed by atoms with Crippen LogP contribution in [-0.2, 0) is 0 Å².